The van der Waals surface area contributed by atoms with Gasteiger partial charge in [-0.1, -0.05) is 41.9 Å². The van der Waals surface area contributed by atoms with Crippen molar-refractivity contribution in [1.82, 2.24) is 0 Å². The van der Waals surface area contributed by atoms with Gasteiger partial charge < -0.3 is 5.32 Å². The normalized spacial score (nSPS) is 16.4. The molecule has 23 heavy (non-hydrogen) atoms. The van der Waals surface area contributed by atoms with Gasteiger partial charge in [0.25, 0.3) is 10.0 Å². The van der Waals surface area contributed by atoms with Crippen molar-refractivity contribution < 1.29 is 8.42 Å². The highest BCUT2D eigenvalue weighted by atomic mass is 35.5. The van der Waals surface area contributed by atoms with Gasteiger partial charge in [-0.05, 0) is 43.2 Å². The maximum Gasteiger partial charge on any atom is 0.285 e. The van der Waals surface area contributed by atoms with Crippen molar-refractivity contribution in [1.29, 1.82) is 0 Å². The highest BCUT2D eigenvalue weighted by Gasteiger charge is 2.31. The summed E-state index contributed by atoms with van der Waals surface area (Å²) in [5.74, 6) is 0.342. The predicted molar refractivity (Wildman–Crippen MR) is 95.2 cm³/mol. The second-order valence-corrected chi connectivity index (χ2v) is 7.30. The molecule has 118 valence electrons. The van der Waals surface area contributed by atoms with E-state index in [1.54, 1.807) is 43.3 Å². The Kier molecular flexibility index (Phi) is 4.00. The van der Waals surface area contributed by atoms with Gasteiger partial charge in [0.05, 0.1) is 0 Å². The van der Waals surface area contributed by atoms with Crippen LogP contribution in [-0.4, -0.2) is 14.3 Å². The van der Waals surface area contributed by atoms with Crippen LogP contribution in [0.5, 0.6) is 0 Å². The zero-order chi connectivity index (χ0) is 16.6. The SMILES string of the molecule is CC1=C(c2ccccc2)S(=O)(=O)N=C1Nc1ccc(Cl)cc1C. The largest absolute Gasteiger partial charge is 0.339 e. The molecule has 0 saturated carbocycles. The average molecular weight is 347 g/mol. The van der Waals surface area contributed by atoms with E-state index in [1.165, 1.54) is 0 Å². The third-order valence-electron chi connectivity index (χ3n) is 3.64. The minimum absolute atomic E-state index is 0.243. The van der Waals surface area contributed by atoms with Gasteiger partial charge >= 0.3 is 0 Å². The Hall–Kier alpha value is -2.11. The van der Waals surface area contributed by atoms with E-state index in [1.807, 2.05) is 19.1 Å². The molecular formula is C17H15ClN2O2S. The number of nitrogens with zero attached hydrogens (tertiary/aromatic N) is 1. The van der Waals surface area contributed by atoms with Gasteiger partial charge in [0.1, 0.15) is 10.7 Å². The minimum atomic E-state index is -3.70. The van der Waals surface area contributed by atoms with Crippen LogP contribution in [0.3, 0.4) is 0 Å². The Balaban J connectivity index is 2.03. The number of rotatable bonds is 2. The Labute approximate surface area is 140 Å². The van der Waals surface area contributed by atoms with E-state index in [4.69, 9.17) is 11.6 Å². The Morgan fingerprint density at radius 3 is 2.39 bits per heavy atom. The van der Waals surface area contributed by atoms with E-state index in [-0.39, 0.29) is 4.91 Å². The van der Waals surface area contributed by atoms with Crippen molar-refractivity contribution in [3.63, 3.8) is 0 Å². The molecule has 0 spiro atoms. The van der Waals surface area contributed by atoms with Gasteiger partial charge in [0, 0.05) is 16.3 Å². The molecule has 0 amide bonds. The summed E-state index contributed by atoms with van der Waals surface area (Å²) in [6, 6.07) is 14.4. The zero-order valence-corrected chi connectivity index (χ0v) is 14.2. The topological polar surface area (TPSA) is 58.5 Å². The summed E-state index contributed by atoms with van der Waals surface area (Å²) < 4.78 is 28.7. The molecule has 0 aromatic heterocycles. The molecule has 0 atom stereocenters. The molecule has 1 aliphatic rings. The number of sulfonamides is 1. The molecule has 0 radical (unpaired) electrons. The van der Waals surface area contributed by atoms with Crippen LogP contribution in [0.2, 0.25) is 5.02 Å². The van der Waals surface area contributed by atoms with Gasteiger partial charge in [-0.2, -0.15) is 8.42 Å². The zero-order valence-electron chi connectivity index (χ0n) is 12.7. The van der Waals surface area contributed by atoms with Gasteiger partial charge in [0.15, 0.2) is 0 Å². The summed E-state index contributed by atoms with van der Waals surface area (Å²) in [6.07, 6.45) is 0. The van der Waals surface area contributed by atoms with Crippen molar-refractivity contribution in [3.05, 3.63) is 70.3 Å². The minimum Gasteiger partial charge on any atom is -0.339 e. The molecule has 0 unspecified atom stereocenters. The van der Waals surface area contributed by atoms with Gasteiger partial charge in [0.2, 0.25) is 0 Å². The molecule has 0 saturated heterocycles. The molecule has 1 heterocycles. The van der Waals surface area contributed by atoms with Gasteiger partial charge in [-0.15, -0.1) is 4.40 Å². The Bertz CT molecular complexity index is 932. The Morgan fingerprint density at radius 2 is 1.74 bits per heavy atom. The van der Waals surface area contributed by atoms with Crippen molar-refractivity contribution in [3.8, 4) is 0 Å². The van der Waals surface area contributed by atoms with Crippen LogP contribution in [0, 0.1) is 6.92 Å². The van der Waals surface area contributed by atoms with Crippen molar-refractivity contribution in [2.45, 2.75) is 13.8 Å². The molecule has 0 aliphatic carbocycles. The van der Waals surface area contributed by atoms with E-state index in [2.05, 4.69) is 9.71 Å². The second-order valence-electron chi connectivity index (χ2n) is 5.32. The second kappa shape index (κ2) is 5.83. The molecule has 1 N–H and O–H groups in total. The first-order chi connectivity index (χ1) is 10.9. The summed E-state index contributed by atoms with van der Waals surface area (Å²) in [4.78, 5) is 0.243. The lowest BCUT2D eigenvalue weighted by molar-refractivity contribution is 0.608. The lowest BCUT2D eigenvalue weighted by Gasteiger charge is -2.10. The van der Waals surface area contributed by atoms with E-state index < -0.39 is 10.0 Å². The number of hydrogen-bond acceptors (Lipinski definition) is 3. The fourth-order valence-corrected chi connectivity index (χ4v) is 4.16. The van der Waals surface area contributed by atoms with Crippen LogP contribution < -0.4 is 5.32 Å². The fourth-order valence-electron chi connectivity index (χ4n) is 2.50. The maximum absolute atomic E-state index is 12.4. The molecule has 2 aromatic carbocycles. The molecule has 0 fully saturated rings. The monoisotopic (exact) mass is 346 g/mol. The lowest BCUT2D eigenvalue weighted by atomic mass is 10.1. The van der Waals surface area contributed by atoms with Crippen molar-refractivity contribution in [2.24, 2.45) is 4.40 Å². The summed E-state index contributed by atoms with van der Waals surface area (Å²) in [6.45, 7) is 3.65. The number of benzene rings is 2. The molecule has 6 heteroatoms. The first-order valence-electron chi connectivity index (χ1n) is 7.03. The first-order valence-corrected chi connectivity index (χ1v) is 8.85. The number of amidine groups is 1. The van der Waals surface area contributed by atoms with Crippen LogP contribution in [0.4, 0.5) is 5.69 Å². The smallest absolute Gasteiger partial charge is 0.285 e. The first kappa shape index (κ1) is 15.8. The highest BCUT2D eigenvalue weighted by molar-refractivity contribution is 8.00. The number of anilines is 1. The average Bonchev–Trinajstić information content (AvgIpc) is 2.72. The van der Waals surface area contributed by atoms with Crippen LogP contribution >= 0.6 is 11.6 Å². The summed E-state index contributed by atoms with van der Waals surface area (Å²) in [5, 5.41) is 3.73. The Morgan fingerprint density at radius 1 is 1.04 bits per heavy atom. The van der Waals surface area contributed by atoms with Crippen LogP contribution in [-0.2, 0) is 10.0 Å². The number of nitrogens with one attached hydrogen (secondary N) is 1. The van der Waals surface area contributed by atoms with Crippen molar-refractivity contribution in [2.75, 3.05) is 5.32 Å². The number of aryl methyl sites for hydroxylation is 1. The molecule has 2 aromatic rings. The van der Waals surface area contributed by atoms with Crippen LogP contribution in [0.1, 0.15) is 18.1 Å². The molecular weight excluding hydrogens is 332 g/mol. The summed E-state index contributed by atoms with van der Waals surface area (Å²) in [5.41, 5.74) is 2.93. The third kappa shape index (κ3) is 3.02. The molecule has 4 nitrogen and oxygen atoms in total. The summed E-state index contributed by atoms with van der Waals surface area (Å²) >= 11 is 5.95. The number of halogens is 1. The van der Waals surface area contributed by atoms with Gasteiger partial charge in [-0.25, -0.2) is 0 Å². The molecule has 0 bridgehead atoms. The van der Waals surface area contributed by atoms with E-state index in [0.717, 1.165) is 11.3 Å². The highest BCUT2D eigenvalue weighted by Crippen LogP contribution is 2.33. The van der Waals surface area contributed by atoms with E-state index in [9.17, 15) is 8.42 Å². The van der Waals surface area contributed by atoms with Crippen LogP contribution in [0.25, 0.3) is 4.91 Å². The van der Waals surface area contributed by atoms with E-state index in [0.29, 0.717) is 22.0 Å². The van der Waals surface area contributed by atoms with Crippen molar-refractivity contribution >= 4 is 38.1 Å². The third-order valence-corrected chi connectivity index (χ3v) is 5.36. The standard InChI is InChI=1S/C17H15ClN2O2S/c1-11-10-14(18)8-9-15(11)19-17-12(2)16(23(21,22)20-17)13-6-4-3-5-7-13/h3-10H,1-2H3,(H,19,20). The van der Waals surface area contributed by atoms with Gasteiger partial charge in [-0.3, -0.25) is 0 Å². The lowest BCUT2D eigenvalue weighted by Crippen LogP contribution is -2.12. The van der Waals surface area contributed by atoms with Crippen LogP contribution in [0.15, 0.2) is 58.5 Å². The fraction of sp³-hybridized carbons (Fsp3) is 0.118. The molecule has 1 aliphatic heterocycles. The quantitative estimate of drug-likeness (QED) is 0.885. The molecule has 3 rings (SSSR count). The number of hydrogen-bond donors (Lipinski definition) is 1. The predicted octanol–water partition coefficient (Wildman–Crippen LogP) is 4.23. The maximum atomic E-state index is 12.4. The van der Waals surface area contributed by atoms with E-state index >= 15 is 0 Å². The summed E-state index contributed by atoms with van der Waals surface area (Å²) in [7, 11) is -3.70.